The molecule has 1 aromatic heterocycles. The Morgan fingerprint density at radius 2 is 2.00 bits per heavy atom. The largest absolute Gasteiger partial charge is 0.236 e. The zero-order valence-corrected chi connectivity index (χ0v) is 8.31. The fourth-order valence-corrected chi connectivity index (χ4v) is 1.77. The van der Waals surface area contributed by atoms with Crippen LogP contribution in [0.25, 0.3) is 10.9 Å². The van der Waals surface area contributed by atoms with Gasteiger partial charge in [-0.25, -0.2) is 4.98 Å². The van der Waals surface area contributed by atoms with Crippen LogP contribution in [-0.4, -0.2) is 4.98 Å². The fraction of sp³-hybridized carbons (Fsp3) is 0.100. The van der Waals surface area contributed by atoms with Crippen LogP contribution in [0.15, 0.2) is 30.3 Å². The second-order valence-electron chi connectivity index (χ2n) is 2.75. The molecule has 2 aromatic rings. The fourth-order valence-electron chi connectivity index (χ4n) is 1.32. The molecule has 3 heteroatoms. The van der Waals surface area contributed by atoms with E-state index in [4.69, 9.17) is 23.2 Å². The molecule has 0 aliphatic carbocycles. The van der Waals surface area contributed by atoms with Crippen LogP contribution in [0, 0.1) is 0 Å². The number of rotatable bonds is 1. The minimum absolute atomic E-state index is 0.461. The lowest BCUT2D eigenvalue weighted by Crippen LogP contribution is -1.86. The number of fused-ring (bicyclic) bond motifs is 1. The number of aromatic nitrogens is 1. The minimum atomic E-state index is 0.461. The average molecular weight is 212 g/mol. The molecule has 0 bridgehead atoms. The Kier molecular flexibility index (Phi) is 2.38. The van der Waals surface area contributed by atoms with Gasteiger partial charge in [-0.05, 0) is 17.7 Å². The first-order chi connectivity index (χ1) is 6.31. The maximum Gasteiger partial charge on any atom is 0.130 e. The van der Waals surface area contributed by atoms with Crippen molar-refractivity contribution in [2.24, 2.45) is 0 Å². The van der Waals surface area contributed by atoms with Gasteiger partial charge in [0.2, 0.25) is 0 Å². The number of benzene rings is 1. The topological polar surface area (TPSA) is 12.9 Å². The van der Waals surface area contributed by atoms with Crippen molar-refractivity contribution < 1.29 is 0 Å². The Balaban J connectivity index is 2.81. The third-order valence-electron chi connectivity index (χ3n) is 1.91. The lowest BCUT2D eigenvalue weighted by Gasteiger charge is -2.02. The first kappa shape index (κ1) is 8.79. The van der Waals surface area contributed by atoms with E-state index in [1.807, 2.05) is 24.3 Å². The highest BCUT2D eigenvalue weighted by Crippen LogP contribution is 2.21. The van der Waals surface area contributed by atoms with Crippen LogP contribution < -0.4 is 0 Å². The zero-order chi connectivity index (χ0) is 9.26. The first-order valence-corrected chi connectivity index (χ1v) is 4.82. The molecule has 2 rings (SSSR count). The van der Waals surface area contributed by atoms with E-state index in [0.717, 1.165) is 16.5 Å². The Bertz CT molecular complexity index is 440. The van der Waals surface area contributed by atoms with Gasteiger partial charge >= 0.3 is 0 Å². The predicted octanol–water partition coefficient (Wildman–Crippen LogP) is 3.63. The number of halogens is 2. The highest BCUT2D eigenvalue weighted by molar-refractivity contribution is 6.30. The second kappa shape index (κ2) is 3.52. The highest BCUT2D eigenvalue weighted by atomic mass is 35.5. The van der Waals surface area contributed by atoms with E-state index in [1.54, 1.807) is 6.07 Å². The Morgan fingerprint density at radius 3 is 2.77 bits per heavy atom. The molecule has 0 saturated carbocycles. The van der Waals surface area contributed by atoms with Crippen LogP contribution >= 0.6 is 23.2 Å². The van der Waals surface area contributed by atoms with Crippen LogP contribution in [0.5, 0.6) is 0 Å². The highest BCUT2D eigenvalue weighted by Gasteiger charge is 2.02. The van der Waals surface area contributed by atoms with Gasteiger partial charge in [0.1, 0.15) is 5.15 Å². The van der Waals surface area contributed by atoms with E-state index in [2.05, 4.69) is 4.98 Å². The van der Waals surface area contributed by atoms with Crippen molar-refractivity contribution in [2.45, 2.75) is 5.88 Å². The van der Waals surface area contributed by atoms with Gasteiger partial charge in [-0.3, -0.25) is 0 Å². The minimum Gasteiger partial charge on any atom is -0.236 e. The average Bonchev–Trinajstić information content (AvgIpc) is 2.16. The van der Waals surface area contributed by atoms with E-state index in [9.17, 15) is 0 Å². The van der Waals surface area contributed by atoms with Crippen LogP contribution in [0.2, 0.25) is 5.15 Å². The molecule has 0 fully saturated rings. The van der Waals surface area contributed by atoms with Gasteiger partial charge in [0.15, 0.2) is 0 Å². The van der Waals surface area contributed by atoms with Crippen molar-refractivity contribution in [2.75, 3.05) is 0 Å². The summed E-state index contributed by atoms with van der Waals surface area (Å²) in [6, 6.07) is 9.63. The molecule has 0 unspecified atom stereocenters. The normalized spacial score (nSPS) is 10.6. The standard InChI is InChI=1S/C10H7Cl2N/c11-6-7-5-10(12)13-9-4-2-1-3-8(7)9/h1-5H,6H2. The summed E-state index contributed by atoms with van der Waals surface area (Å²) >= 11 is 11.6. The molecular weight excluding hydrogens is 205 g/mol. The van der Waals surface area contributed by atoms with Crippen molar-refractivity contribution in [1.82, 2.24) is 4.98 Å². The van der Waals surface area contributed by atoms with E-state index in [1.165, 1.54) is 0 Å². The van der Waals surface area contributed by atoms with Crippen LogP contribution in [0.3, 0.4) is 0 Å². The predicted molar refractivity (Wildman–Crippen MR) is 56.3 cm³/mol. The number of nitrogens with zero attached hydrogens (tertiary/aromatic N) is 1. The van der Waals surface area contributed by atoms with Crippen LogP contribution in [0.4, 0.5) is 0 Å². The molecule has 1 heterocycles. The van der Waals surface area contributed by atoms with Crippen molar-refractivity contribution in [3.05, 3.63) is 41.0 Å². The molecule has 66 valence electrons. The van der Waals surface area contributed by atoms with Crippen LogP contribution in [0.1, 0.15) is 5.56 Å². The summed E-state index contributed by atoms with van der Waals surface area (Å²) in [6.07, 6.45) is 0. The van der Waals surface area contributed by atoms with Gasteiger partial charge in [-0.2, -0.15) is 0 Å². The van der Waals surface area contributed by atoms with E-state index in [-0.39, 0.29) is 0 Å². The number of para-hydroxylation sites is 1. The molecule has 1 nitrogen and oxygen atoms in total. The van der Waals surface area contributed by atoms with Crippen molar-refractivity contribution in [3.63, 3.8) is 0 Å². The third-order valence-corrected chi connectivity index (χ3v) is 2.40. The van der Waals surface area contributed by atoms with E-state index in [0.29, 0.717) is 11.0 Å². The van der Waals surface area contributed by atoms with Gasteiger partial charge < -0.3 is 0 Å². The number of hydrogen-bond donors (Lipinski definition) is 0. The molecule has 0 spiro atoms. The van der Waals surface area contributed by atoms with Gasteiger partial charge in [0, 0.05) is 11.3 Å². The molecule has 13 heavy (non-hydrogen) atoms. The quantitative estimate of drug-likeness (QED) is 0.519. The maximum atomic E-state index is 5.83. The van der Waals surface area contributed by atoms with Gasteiger partial charge in [0.05, 0.1) is 5.52 Å². The summed E-state index contributed by atoms with van der Waals surface area (Å²) in [5.74, 6) is 0.461. The molecule has 0 saturated heterocycles. The summed E-state index contributed by atoms with van der Waals surface area (Å²) in [5, 5.41) is 1.57. The van der Waals surface area contributed by atoms with Crippen LogP contribution in [-0.2, 0) is 5.88 Å². The third kappa shape index (κ3) is 1.62. The van der Waals surface area contributed by atoms with Crippen molar-refractivity contribution in [1.29, 1.82) is 0 Å². The lowest BCUT2D eigenvalue weighted by molar-refractivity contribution is 1.34. The zero-order valence-electron chi connectivity index (χ0n) is 6.80. The second-order valence-corrected chi connectivity index (χ2v) is 3.41. The summed E-state index contributed by atoms with van der Waals surface area (Å²) in [6.45, 7) is 0. The number of hydrogen-bond acceptors (Lipinski definition) is 1. The summed E-state index contributed by atoms with van der Waals surface area (Å²) in [4.78, 5) is 4.19. The summed E-state index contributed by atoms with van der Waals surface area (Å²) < 4.78 is 0. The molecular formula is C10H7Cl2N. The Morgan fingerprint density at radius 1 is 1.23 bits per heavy atom. The molecule has 0 atom stereocenters. The van der Waals surface area contributed by atoms with Crippen molar-refractivity contribution in [3.8, 4) is 0 Å². The number of alkyl halides is 1. The monoisotopic (exact) mass is 211 g/mol. The SMILES string of the molecule is ClCc1cc(Cl)nc2ccccc12. The Hall–Kier alpha value is -0.790. The van der Waals surface area contributed by atoms with E-state index < -0.39 is 0 Å². The van der Waals surface area contributed by atoms with Gasteiger partial charge in [0.25, 0.3) is 0 Å². The molecule has 0 aliphatic heterocycles. The maximum absolute atomic E-state index is 5.83. The Labute approximate surface area is 86.3 Å². The molecule has 0 amide bonds. The molecule has 0 aliphatic rings. The first-order valence-electron chi connectivity index (χ1n) is 3.91. The lowest BCUT2D eigenvalue weighted by atomic mass is 10.1. The van der Waals surface area contributed by atoms with Crippen molar-refractivity contribution >= 4 is 34.1 Å². The molecule has 0 N–H and O–H groups in total. The molecule has 0 radical (unpaired) electrons. The van der Waals surface area contributed by atoms with E-state index >= 15 is 0 Å². The van der Waals surface area contributed by atoms with Gasteiger partial charge in [-0.15, -0.1) is 11.6 Å². The summed E-state index contributed by atoms with van der Waals surface area (Å²) in [7, 11) is 0. The summed E-state index contributed by atoms with van der Waals surface area (Å²) in [5.41, 5.74) is 1.92. The number of pyridine rings is 1. The van der Waals surface area contributed by atoms with Gasteiger partial charge in [-0.1, -0.05) is 29.8 Å². The smallest absolute Gasteiger partial charge is 0.130 e. The molecule has 1 aromatic carbocycles.